The number of hydrogen-bond donors (Lipinski definition) is 1. The molecule has 0 aromatic heterocycles. The number of aryl methyl sites for hydroxylation is 2. The fourth-order valence-electron chi connectivity index (χ4n) is 4.67. The van der Waals surface area contributed by atoms with E-state index in [0.717, 1.165) is 24.8 Å². The van der Waals surface area contributed by atoms with Gasteiger partial charge < -0.3 is 14.7 Å². The molecule has 166 valence electrons. The van der Waals surface area contributed by atoms with Gasteiger partial charge in [-0.25, -0.2) is 4.79 Å². The molecule has 4 heteroatoms. The first-order chi connectivity index (χ1) is 15.6. The van der Waals surface area contributed by atoms with E-state index in [4.69, 9.17) is 4.74 Å². The zero-order chi connectivity index (χ0) is 22.5. The van der Waals surface area contributed by atoms with Gasteiger partial charge in [0, 0.05) is 30.4 Å². The number of ether oxygens (including phenoxy) is 1. The zero-order valence-corrected chi connectivity index (χ0v) is 18.8. The molecule has 0 aliphatic carbocycles. The molecule has 0 bridgehead atoms. The van der Waals surface area contributed by atoms with Crippen LogP contribution >= 0.6 is 0 Å². The first-order valence-corrected chi connectivity index (χ1v) is 11.4. The largest absolute Gasteiger partial charge is 0.479 e. The van der Waals surface area contributed by atoms with E-state index in [2.05, 4.69) is 72.5 Å². The number of carboxylic acids is 1. The molecule has 0 saturated carbocycles. The Kier molecular flexibility index (Phi) is 6.91. The van der Waals surface area contributed by atoms with Crippen molar-refractivity contribution in [3.05, 3.63) is 95.1 Å². The van der Waals surface area contributed by atoms with E-state index in [1.165, 1.54) is 28.1 Å². The Labute approximate surface area is 190 Å². The summed E-state index contributed by atoms with van der Waals surface area (Å²) in [6.45, 7) is 4.49. The lowest BCUT2D eigenvalue weighted by atomic mass is 10.00. The summed E-state index contributed by atoms with van der Waals surface area (Å²) in [4.78, 5) is 13.9. The summed E-state index contributed by atoms with van der Waals surface area (Å²) >= 11 is 0. The van der Waals surface area contributed by atoms with Gasteiger partial charge >= 0.3 is 5.97 Å². The van der Waals surface area contributed by atoms with E-state index in [-0.39, 0.29) is 6.04 Å². The zero-order valence-electron chi connectivity index (χ0n) is 18.8. The van der Waals surface area contributed by atoms with Crippen LogP contribution in [0.15, 0.2) is 72.8 Å². The molecule has 2 unspecified atom stereocenters. The summed E-state index contributed by atoms with van der Waals surface area (Å²) < 4.78 is 5.35. The fourth-order valence-corrected chi connectivity index (χ4v) is 4.67. The van der Waals surface area contributed by atoms with E-state index >= 15 is 0 Å². The third-order valence-corrected chi connectivity index (χ3v) is 6.23. The predicted molar refractivity (Wildman–Crippen MR) is 129 cm³/mol. The van der Waals surface area contributed by atoms with Crippen molar-refractivity contribution in [2.75, 3.05) is 11.5 Å². The van der Waals surface area contributed by atoms with E-state index in [0.29, 0.717) is 13.0 Å². The number of nitrogens with zero attached hydrogens (tertiary/aromatic N) is 1. The third kappa shape index (κ3) is 4.86. The molecular weight excluding hydrogens is 398 g/mol. The number of carboxylic acid groups (broad SMARTS) is 1. The molecule has 3 aromatic carbocycles. The van der Waals surface area contributed by atoms with Crippen molar-refractivity contribution < 1.29 is 14.6 Å². The van der Waals surface area contributed by atoms with E-state index < -0.39 is 12.1 Å². The minimum absolute atomic E-state index is 0.274. The van der Waals surface area contributed by atoms with Crippen LogP contribution in [0.5, 0.6) is 0 Å². The monoisotopic (exact) mass is 429 g/mol. The molecule has 2 atom stereocenters. The molecule has 3 aromatic rings. The van der Waals surface area contributed by atoms with Gasteiger partial charge in [0.15, 0.2) is 6.10 Å². The van der Waals surface area contributed by atoms with Gasteiger partial charge in [0.1, 0.15) is 0 Å². The fraction of sp³-hybridized carbons (Fsp3) is 0.321. The number of fused-ring (bicyclic) bond motifs is 2. The van der Waals surface area contributed by atoms with Crippen molar-refractivity contribution in [1.29, 1.82) is 0 Å². The highest BCUT2D eigenvalue weighted by atomic mass is 16.5. The highest BCUT2D eigenvalue weighted by Crippen LogP contribution is 2.38. The van der Waals surface area contributed by atoms with Gasteiger partial charge in [-0.05, 0) is 67.5 Å². The number of hydrogen-bond acceptors (Lipinski definition) is 3. The van der Waals surface area contributed by atoms with Gasteiger partial charge in [-0.15, -0.1) is 0 Å². The number of benzene rings is 3. The number of para-hydroxylation sites is 2. The highest BCUT2D eigenvalue weighted by molar-refractivity contribution is 5.73. The van der Waals surface area contributed by atoms with Gasteiger partial charge in [0.05, 0.1) is 0 Å². The molecule has 1 aliphatic heterocycles. The molecule has 1 aliphatic rings. The van der Waals surface area contributed by atoms with E-state index in [1.807, 2.05) is 19.1 Å². The van der Waals surface area contributed by atoms with Gasteiger partial charge in [-0.3, -0.25) is 0 Å². The SMILES string of the molecule is CCOC(Cc1ccc(CC(C)N2c3ccccc3CCc3ccccc32)cc1)C(=O)O. The van der Waals surface area contributed by atoms with Crippen LogP contribution < -0.4 is 4.90 Å². The Morgan fingerprint density at radius 3 is 1.88 bits per heavy atom. The maximum Gasteiger partial charge on any atom is 0.333 e. The normalized spacial score (nSPS) is 14.8. The summed E-state index contributed by atoms with van der Waals surface area (Å²) in [6, 6.07) is 26.0. The van der Waals surface area contributed by atoms with Gasteiger partial charge in [-0.2, -0.15) is 0 Å². The van der Waals surface area contributed by atoms with Crippen LogP contribution in [0.1, 0.15) is 36.1 Å². The quantitative estimate of drug-likeness (QED) is 0.507. The number of carbonyl (C=O) groups is 1. The summed E-state index contributed by atoms with van der Waals surface area (Å²) in [5.74, 6) is -0.914. The molecule has 0 spiro atoms. The maximum atomic E-state index is 11.4. The topological polar surface area (TPSA) is 49.8 Å². The Morgan fingerprint density at radius 1 is 0.875 bits per heavy atom. The molecule has 1 heterocycles. The molecule has 32 heavy (non-hydrogen) atoms. The molecule has 0 saturated heterocycles. The van der Waals surface area contributed by atoms with Crippen molar-refractivity contribution >= 4 is 17.3 Å². The minimum Gasteiger partial charge on any atom is -0.479 e. The molecule has 0 amide bonds. The molecule has 1 N–H and O–H groups in total. The summed E-state index contributed by atoms with van der Waals surface area (Å²) in [5.41, 5.74) is 7.59. The summed E-state index contributed by atoms with van der Waals surface area (Å²) in [7, 11) is 0. The maximum absolute atomic E-state index is 11.4. The van der Waals surface area contributed by atoms with E-state index in [1.54, 1.807) is 0 Å². The lowest BCUT2D eigenvalue weighted by Crippen LogP contribution is -2.31. The Morgan fingerprint density at radius 2 is 1.38 bits per heavy atom. The molecule has 0 fully saturated rings. The van der Waals surface area contributed by atoms with Crippen LogP contribution in [0.2, 0.25) is 0 Å². The first kappa shape index (κ1) is 22.1. The van der Waals surface area contributed by atoms with E-state index in [9.17, 15) is 9.90 Å². The predicted octanol–water partition coefficient (Wildman–Crippen LogP) is 5.59. The molecule has 0 radical (unpaired) electrons. The van der Waals surface area contributed by atoms with Gasteiger partial charge in [-0.1, -0.05) is 60.7 Å². The number of aliphatic carboxylic acids is 1. The highest BCUT2D eigenvalue weighted by Gasteiger charge is 2.24. The summed E-state index contributed by atoms with van der Waals surface area (Å²) in [6.07, 6.45) is 2.59. The Bertz CT molecular complexity index is 1010. The van der Waals surface area contributed by atoms with Crippen LogP contribution in [0.3, 0.4) is 0 Å². The average molecular weight is 430 g/mol. The van der Waals surface area contributed by atoms with Gasteiger partial charge in [0.2, 0.25) is 0 Å². The Hall–Kier alpha value is -3.11. The minimum atomic E-state index is -0.914. The van der Waals surface area contributed by atoms with Crippen molar-refractivity contribution in [2.45, 2.75) is 51.7 Å². The van der Waals surface area contributed by atoms with Crippen LogP contribution in [-0.2, 0) is 35.2 Å². The summed E-state index contributed by atoms with van der Waals surface area (Å²) in [5, 5.41) is 9.34. The number of anilines is 2. The van der Waals surface area contributed by atoms with Crippen molar-refractivity contribution in [2.24, 2.45) is 0 Å². The molecule has 4 nitrogen and oxygen atoms in total. The standard InChI is InChI=1S/C28H31NO3/c1-3-32-27(28(30)31)19-22-14-12-21(13-15-22)18-20(2)29-25-10-6-4-8-23(25)16-17-24-9-5-7-11-26(24)29/h4-15,20,27H,3,16-19H2,1-2H3,(H,30,31). The first-order valence-electron chi connectivity index (χ1n) is 11.4. The smallest absolute Gasteiger partial charge is 0.333 e. The van der Waals surface area contributed by atoms with Crippen LogP contribution in [-0.4, -0.2) is 29.8 Å². The Balaban J connectivity index is 1.55. The lowest BCUT2D eigenvalue weighted by Gasteiger charge is -2.33. The van der Waals surface area contributed by atoms with Gasteiger partial charge in [0.25, 0.3) is 0 Å². The third-order valence-electron chi connectivity index (χ3n) is 6.23. The van der Waals surface area contributed by atoms with Crippen molar-refractivity contribution in [1.82, 2.24) is 0 Å². The van der Waals surface area contributed by atoms with Crippen LogP contribution in [0, 0.1) is 0 Å². The second-order valence-electron chi connectivity index (χ2n) is 8.48. The van der Waals surface area contributed by atoms with Crippen molar-refractivity contribution in [3.8, 4) is 0 Å². The molecule has 4 rings (SSSR count). The second kappa shape index (κ2) is 10.0. The van der Waals surface area contributed by atoms with Crippen LogP contribution in [0.25, 0.3) is 0 Å². The van der Waals surface area contributed by atoms with Crippen molar-refractivity contribution in [3.63, 3.8) is 0 Å². The lowest BCUT2D eigenvalue weighted by molar-refractivity contribution is -0.149. The second-order valence-corrected chi connectivity index (χ2v) is 8.48. The molecular formula is C28H31NO3. The average Bonchev–Trinajstić information content (AvgIpc) is 2.97. The van der Waals surface area contributed by atoms with Crippen LogP contribution in [0.4, 0.5) is 11.4 Å². The number of rotatable bonds is 8.